The topological polar surface area (TPSA) is 122 Å². The molecule has 1 heterocycles. The number of rotatable bonds is 8. The van der Waals surface area contributed by atoms with Gasteiger partial charge in [0, 0.05) is 12.7 Å². The van der Waals surface area contributed by atoms with Crippen molar-refractivity contribution in [3.63, 3.8) is 0 Å². The number of nitrogens with zero attached hydrogens (tertiary/aromatic N) is 2. The maximum absolute atomic E-state index is 11.8. The van der Waals surface area contributed by atoms with Crippen molar-refractivity contribution in [3.05, 3.63) is 12.4 Å². The fraction of sp³-hybridized carbons (Fsp3) is 0.600. The predicted octanol–water partition coefficient (Wildman–Crippen LogP) is -0.593. The molecule has 0 aliphatic carbocycles. The van der Waals surface area contributed by atoms with E-state index in [1.165, 1.54) is 10.9 Å². The monoisotopic (exact) mass is 291 g/mol. The quantitative estimate of drug-likeness (QED) is 0.588. The highest BCUT2D eigenvalue weighted by Crippen LogP contribution is 2.07. The molecule has 0 amide bonds. The van der Waals surface area contributed by atoms with Gasteiger partial charge in [0.05, 0.1) is 25.3 Å². The summed E-state index contributed by atoms with van der Waals surface area (Å²) in [6.45, 7) is 1.77. The molecule has 0 spiro atoms. The molecule has 1 aromatic rings. The van der Waals surface area contributed by atoms with Gasteiger partial charge in [0.25, 0.3) is 0 Å². The Kier molecular flexibility index (Phi) is 5.45. The molecule has 0 aliphatic rings. The highest BCUT2D eigenvalue weighted by molar-refractivity contribution is 7.89. The molecule has 3 N–H and O–H groups in total. The Labute approximate surface area is 111 Å². The minimum Gasteiger partial charge on any atom is -0.481 e. The molecule has 1 aromatic heterocycles. The third-order valence-corrected chi connectivity index (χ3v) is 3.83. The normalized spacial score (nSPS) is 13.4. The summed E-state index contributed by atoms with van der Waals surface area (Å²) >= 11 is 0. The van der Waals surface area contributed by atoms with Crippen LogP contribution in [0, 0.1) is 0 Å². The number of carboxylic acid groups (broad SMARTS) is 1. The maximum Gasteiger partial charge on any atom is 0.305 e. The first-order valence-electron chi connectivity index (χ1n) is 5.77. The minimum atomic E-state index is -3.72. The van der Waals surface area contributed by atoms with E-state index in [9.17, 15) is 18.3 Å². The number of carbonyl (C=O) groups is 1. The predicted molar refractivity (Wildman–Crippen MR) is 66.0 cm³/mol. The van der Waals surface area contributed by atoms with Gasteiger partial charge >= 0.3 is 5.97 Å². The van der Waals surface area contributed by atoms with Gasteiger partial charge in [0.15, 0.2) is 0 Å². The molecule has 9 heteroatoms. The lowest BCUT2D eigenvalue weighted by Gasteiger charge is -2.08. The van der Waals surface area contributed by atoms with Gasteiger partial charge in [0.2, 0.25) is 10.0 Å². The summed E-state index contributed by atoms with van der Waals surface area (Å²) in [6, 6.07) is 0. The average molecular weight is 291 g/mol. The van der Waals surface area contributed by atoms with Crippen LogP contribution in [0.4, 0.5) is 0 Å². The van der Waals surface area contributed by atoms with Crippen molar-refractivity contribution in [2.24, 2.45) is 0 Å². The second kappa shape index (κ2) is 6.64. The molecule has 0 aliphatic heterocycles. The number of nitrogens with one attached hydrogen (secondary N) is 1. The molecular formula is C10H17N3O5S. The smallest absolute Gasteiger partial charge is 0.305 e. The van der Waals surface area contributed by atoms with Crippen LogP contribution in [-0.2, 0) is 21.4 Å². The third-order valence-electron chi connectivity index (χ3n) is 2.45. The molecule has 0 saturated heterocycles. The van der Waals surface area contributed by atoms with E-state index in [0.717, 1.165) is 6.20 Å². The molecular weight excluding hydrogens is 274 g/mol. The fourth-order valence-corrected chi connectivity index (χ4v) is 2.27. The van der Waals surface area contributed by atoms with Crippen LogP contribution in [0.25, 0.3) is 0 Å². The van der Waals surface area contributed by atoms with Gasteiger partial charge in [-0.3, -0.25) is 9.48 Å². The van der Waals surface area contributed by atoms with Crippen molar-refractivity contribution in [2.45, 2.75) is 37.3 Å². The van der Waals surface area contributed by atoms with Crippen LogP contribution in [-0.4, -0.2) is 47.0 Å². The van der Waals surface area contributed by atoms with Gasteiger partial charge in [-0.25, -0.2) is 13.1 Å². The first-order valence-corrected chi connectivity index (χ1v) is 7.25. The van der Waals surface area contributed by atoms with Crippen molar-refractivity contribution < 1.29 is 23.4 Å². The molecule has 0 saturated carbocycles. The van der Waals surface area contributed by atoms with Gasteiger partial charge in [-0.1, -0.05) is 6.92 Å². The van der Waals surface area contributed by atoms with Crippen molar-refractivity contribution in [2.75, 3.05) is 6.54 Å². The molecule has 1 atom stereocenters. The zero-order chi connectivity index (χ0) is 14.5. The number of sulfonamides is 1. The Morgan fingerprint density at radius 3 is 2.84 bits per heavy atom. The maximum atomic E-state index is 11.8. The lowest BCUT2D eigenvalue weighted by atomic mass is 10.3. The second-order valence-corrected chi connectivity index (χ2v) is 5.76. The van der Waals surface area contributed by atoms with E-state index in [0.29, 0.717) is 6.42 Å². The van der Waals surface area contributed by atoms with Crippen LogP contribution in [0.1, 0.15) is 19.8 Å². The molecule has 8 nitrogen and oxygen atoms in total. The van der Waals surface area contributed by atoms with Crippen molar-refractivity contribution in [3.8, 4) is 0 Å². The van der Waals surface area contributed by atoms with Crippen LogP contribution in [0.5, 0.6) is 0 Å². The molecule has 108 valence electrons. The Bertz CT molecular complexity index is 525. The van der Waals surface area contributed by atoms with E-state index < -0.39 is 22.1 Å². The summed E-state index contributed by atoms with van der Waals surface area (Å²) in [7, 11) is -3.72. The van der Waals surface area contributed by atoms with Crippen molar-refractivity contribution in [1.82, 2.24) is 14.5 Å². The SMILES string of the molecule is CCC(O)CNS(=O)(=O)c1cnn(CCC(=O)O)c1. The second-order valence-electron chi connectivity index (χ2n) is 4.00. The van der Waals surface area contributed by atoms with Gasteiger partial charge < -0.3 is 10.2 Å². The van der Waals surface area contributed by atoms with Crippen LogP contribution in [0.3, 0.4) is 0 Å². The molecule has 1 unspecified atom stereocenters. The third kappa shape index (κ3) is 4.97. The van der Waals surface area contributed by atoms with Gasteiger partial charge in [0.1, 0.15) is 4.90 Å². The van der Waals surface area contributed by atoms with Crippen LogP contribution < -0.4 is 4.72 Å². The number of carboxylic acids is 1. The summed E-state index contributed by atoms with van der Waals surface area (Å²) in [4.78, 5) is 10.3. The number of aliphatic hydroxyl groups is 1. The number of aliphatic carboxylic acids is 1. The Morgan fingerprint density at radius 2 is 2.26 bits per heavy atom. The molecule has 0 fully saturated rings. The number of aryl methyl sites for hydroxylation is 1. The number of aliphatic hydroxyl groups excluding tert-OH is 1. The first kappa shape index (κ1) is 15.6. The minimum absolute atomic E-state index is 0.0545. The van der Waals surface area contributed by atoms with E-state index in [-0.39, 0.29) is 24.4 Å². The molecule has 0 bridgehead atoms. The number of hydrogen-bond donors (Lipinski definition) is 3. The number of hydrogen-bond acceptors (Lipinski definition) is 5. The number of aromatic nitrogens is 2. The van der Waals surface area contributed by atoms with Gasteiger partial charge in [-0.05, 0) is 6.42 Å². The van der Waals surface area contributed by atoms with Crippen molar-refractivity contribution in [1.29, 1.82) is 0 Å². The average Bonchev–Trinajstić information content (AvgIpc) is 2.83. The molecule has 1 rings (SSSR count). The molecule has 19 heavy (non-hydrogen) atoms. The van der Waals surface area contributed by atoms with Crippen LogP contribution >= 0.6 is 0 Å². The summed E-state index contributed by atoms with van der Waals surface area (Å²) in [5.74, 6) is -0.982. The Hall–Kier alpha value is -1.45. The highest BCUT2D eigenvalue weighted by atomic mass is 32.2. The fourth-order valence-electron chi connectivity index (χ4n) is 1.25. The van der Waals surface area contributed by atoms with Gasteiger partial charge in [-0.2, -0.15) is 5.10 Å². The van der Waals surface area contributed by atoms with Crippen LogP contribution in [0.2, 0.25) is 0 Å². The van der Waals surface area contributed by atoms with E-state index in [4.69, 9.17) is 5.11 Å². The Balaban J connectivity index is 2.66. The first-order chi connectivity index (χ1) is 8.85. The lowest BCUT2D eigenvalue weighted by molar-refractivity contribution is -0.137. The largest absolute Gasteiger partial charge is 0.481 e. The molecule has 0 radical (unpaired) electrons. The highest BCUT2D eigenvalue weighted by Gasteiger charge is 2.17. The van der Waals surface area contributed by atoms with E-state index in [2.05, 4.69) is 9.82 Å². The summed E-state index contributed by atoms with van der Waals surface area (Å²) < 4.78 is 27.1. The van der Waals surface area contributed by atoms with E-state index >= 15 is 0 Å². The zero-order valence-corrected chi connectivity index (χ0v) is 11.3. The zero-order valence-electron chi connectivity index (χ0n) is 10.5. The van der Waals surface area contributed by atoms with E-state index in [1.54, 1.807) is 6.92 Å². The van der Waals surface area contributed by atoms with Crippen molar-refractivity contribution >= 4 is 16.0 Å². The summed E-state index contributed by atoms with van der Waals surface area (Å²) in [5.41, 5.74) is 0. The summed E-state index contributed by atoms with van der Waals surface area (Å²) in [5, 5.41) is 21.6. The van der Waals surface area contributed by atoms with E-state index in [1.807, 2.05) is 0 Å². The van der Waals surface area contributed by atoms with Crippen LogP contribution in [0.15, 0.2) is 17.3 Å². The molecule has 0 aromatic carbocycles. The van der Waals surface area contributed by atoms with Gasteiger partial charge in [-0.15, -0.1) is 0 Å². The lowest BCUT2D eigenvalue weighted by Crippen LogP contribution is -2.31. The summed E-state index contributed by atoms with van der Waals surface area (Å²) in [6.07, 6.45) is 1.96. The Morgan fingerprint density at radius 1 is 1.58 bits per heavy atom. The standard InChI is InChI=1S/C10H17N3O5S/c1-2-8(14)5-12-19(17,18)9-6-11-13(7-9)4-3-10(15)16/h6-8,12,14H,2-5H2,1H3,(H,15,16).